The van der Waals surface area contributed by atoms with Crippen molar-refractivity contribution in [1.82, 2.24) is 4.98 Å². The number of para-hydroxylation sites is 2. The first-order valence-electron chi connectivity index (χ1n) is 8.57. The highest BCUT2D eigenvalue weighted by molar-refractivity contribution is 6.11. The number of esters is 1. The lowest BCUT2D eigenvalue weighted by Gasteiger charge is -2.14. The Morgan fingerprint density at radius 3 is 2.54 bits per heavy atom. The third kappa shape index (κ3) is 3.33. The molecule has 1 N–H and O–H groups in total. The van der Waals surface area contributed by atoms with Crippen LogP contribution in [0.1, 0.15) is 40.3 Å². The molecule has 0 saturated heterocycles. The normalized spacial score (nSPS) is 12.0. The first-order chi connectivity index (χ1) is 12.5. The van der Waals surface area contributed by atoms with Gasteiger partial charge in [0, 0.05) is 22.2 Å². The van der Waals surface area contributed by atoms with E-state index in [-0.39, 0.29) is 5.78 Å². The molecule has 0 radical (unpaired) electrons. The molecule has 2 aromatic carbocycles. The van der Waals surface area contributed by atoms with E-state index in [1.807, 2.05) is 38.1 Å². The van der Waals surface area contributed by atoms with Gasteiger partial charge in [0.25, 0.3) is 0 Å². The summed E-state index contributed by atoms with van der Waals surface area (Å²) in [7, 11) is 0. The van der Waals surface area contributed by atoms with Crippen molar-refractivity contribution in [2.75, 3.05) is 6.61 Å². The summed E-state index contributed by atoms with van der Waals surface area (Å²) >= 11 is 0. The van der Waals surface area contributed by atoms with E-state index in [4.69, 9.17) is 9.47 Å². The van der Waals surface area contributed by atoms with E-state index in [9.17, 15) is 9.59 Å². The van der Waals surface area contributed by atoms with Crippen molar-refractivity contribution >= 4 is 22.7 Å². The molecule has 0 aliphatic heterocycles. The maximum absolute atomic E-state index is 12.9. The summed E-state index contributed by atoms with van der Waals surface area (Å²) in [5.74, 6) is -0.363. The molecule has 1 heterocycles. The highest BCUT2D eigenvalue weighted by Crippen LogP contribution is 2.25. The predicted octanol–water partition coefficient (Wildman–Crippen LogP) is 4.30. The lowest BCUT2D eigenvalue weighted by atomic mass is 10.0. The minimum atomic E-state index is -0.907. The number of benzene rings is 2. The number of carbonyl (C=O) groups excluding carboxylic acids is 2. The molecule has 1 aromatic heterocycles. The van der Waals surface area contributed by atoms with Crippen molar-refractivity contribution in [3.63, 3.8) is 0 Å². The number of carbonyl (C=O) groups is 2. The van der Waals surface area contributed by atoms with Crippen LogP contribution in [-0.4, -0.2) is 29.4 Å². The Hall–Kier alpha value is -3.08. The molecule has 26 heavy (non-hydrogen) atoms. The van der Waals surface area contributed by atoms with Crippen LogP contribution in [0, 0.1) is 6.92 Å². The third-order valence-electron chi connectivity index (χ3n) is 4.20. The van der Waals surface area contributed by atoms with Crippen LogP contribution in [0.4, 0.5) is 0 Å². The van der Waals surface area contributed by atoms with Gasteiger partial charge in [0.2, 0.25) is 5.78 Å². The lowest BCUT2D eigenvalue weighted by molar-refractivity contribution is 0.0315. The first-order valence-corrected chi connectivity index (χ1v) is 8.57. The number of nitrogens with one attached hydrogen (secondary N) is 1. The van der Waals surface area contributed by atoms with E-state index in [1.165, 1.54) is 0 Å². The van der Waals surface area contributed by atoms with Gasteiger partial charge in [-0.3, -0.25) is 4.79 Å². The number of H-pyrrole nitrogens is 1. The quantitative estimate of drug-likeness (QED) is 0.531. The maximum atomic E-state index is 12.9. The molecule has 3 rings (SSSR count). The predicted molar refractivity (Wildman–Crippen MR) is 99.9 cm³/mol. The van der Waals surface area contributed by atoms with Gasteiger partial charge in [-0.15, -0.1) is 0 Å². The number of Topliss-reactive ketones (excluding diaryl/α,β-unsaturated/α-hetero) is 1. The van der Waals surface area contributed by atoms with Crippen molar-refractivity contribution in [3.8, 4) is 5.75 Å². The van der Waals surface area contributed by atoms with Gasteiger partial charge in [-0.25, -0.2) is 4.79 Å². The summed E-state index contributed by atoms with van der Waals surface area (Å²) < 4.78 is 10.9. The molecule has 1 atom stereocenters. The number of ether oxygens (including phenoxy) is 2. The number of ketones is 1. The Labute approximate surface area is 151 Å². The molecule has 5 heteroatoms. The maximum Gasteiger partial charge on any atom is 0.342 e. The van der Waals surface area contributed by atoms with Crippen molar-refractivity contribution in [3.05, 3.63) is 65.4 Å². The molecule has 0 aliphatic rings. The van der Waals surface area contributed by atoms with E-state index < -0.39 is 12.1 Å². The standard InChI is InChI=1S/C21H21NO4/c1-4-25-18-12-8-6-10-16(18)21(24)26-14(3)20(23)19-13(2)22-17-11-7-5-9-15(17)19/h5-12,14,22H,4H2,1-3H3. The Bertz CT molecular complexity index is 958. The third-order valence-corrected chi connectivity index (χ3v) is 4.20. The summed E-state index contributed by atoms with van der Waals surface area (Å²) in [4.78, 5) is 28.6. The zero-order valence-corrected chi connectivity index (χ0v) is 15.0. The van der Waals surface area contributed by atoms with Crippen molar-refractivity contribution in [2.45, 2.75) is 26.9 Å². The number of rotatable bonds is 6. The van der Waals surface area contributed by atoms with Crippen molar-refractivity contribution in [2.24, 2.45) is 0 Å². The molecule has 0 amide bonds. The Kier molecular flexibility index (Phi) is 5.07. The van der Waals surface area contributed by atoms with E-state index in [0.717, 1.165) is 16.6 Å². The summed E-state index contributed by atoms with van der Waals surface area (Å²) in [5, 5.41) is 0.826. The van der Waals surface area contributed by atoms with Crippen LogP contribution in [0.15, 0.2) is 48.5 Å². The summed E-state index contributed by atoms with van der Waals surface area (Å²) in [5.41, 5.74) is 2.51. The fraction of sp³-hybridized carbons (Fsp3) is 0.238. The molecule has 3 aromatic rings. The fourth-order valence-corrected chi connectivity index (χ4v) is 2.99. The minimum Gasteiger partial charge on any atom is -0.493 e. The van der Waals surface area contributed by atoms with Crippen LogP contribution in [0.2, 0.25) is 0 Å². The molecular formula is C21H21NO4. The molecule has 5 nitrogen and oxygen atoms in total. The van der Waals surface area contributed by atoms with Crippen molar-refractivity contribution < 1.29 is 19.1 Å². The molecule has 0 fully saturated rings. The highest BCUT2D eigenvalue weighted by atomic mass is 16.5. The van der Waals surface area contributed by atoms with Gasteiger partial charge in [0.1, 0.15) is 11.3 Å². The largest absolute Gasteiger partial charge is 0.493 e. The van der Waals surface area contributed by atoms with Gasteiger partial charge in [0.05, 0.1) is 6.61 Å². The van der Waals surface area contributed by atoms with Crippen LogP contribution < -0.4 is 4.74 Å². The molecule has 134 valence electrons. The average Bonchev–Trinajstić information content (AvgIpc) is 2.97. The number of aromatic nitrogens is 1. The summed E-state index contributed by atoms with van der Waals surface area (Å²) in [6, 6.07) is 14.4. The topological polar surface area (TPSA) is 68.4 Å². The van der Waals surface area contributed by atoms with E-state index in [2.05, 4.69) is 4.98 Å². The van der Waals surface area contributed by atoms with Gasteiger partial charge >= 0.3 is 5.97 Å². The highest BCUT2D eigenvalue weighted by Gasteiger charge is 2.25. The van der Waals surface area contributed by atoms with Crippen LogP contribution in [-0.2, 0) is 4.74 Å². The van der Waals surface area contributed by atoms with Crippen LogP contribution in [0.5, 0.6) is 5.75 Å². The van der Waals surface area contributed by atoms with E-state index in [1.54, 1.807) is 31.2 Å². The molecule has 0 bridgehead atoms. The Morgan fingerprint density at radius 2 is 1.77 bits per heavy atom. The second-order valence-electron chi connectivity index (χ2n) is 6.01. The number of hydrogen-bond donors (Lipinski definition) is 1. The summed E-state index contributed by atoms with van der Waals surface area (Å²) in [6.45, 7) is 5.71. The van der Waals surface area contributed by atoms with E-state index >= 15 is 0 Å². The second-order valence-corrected chi connectivity index (χ2v) is 6.01. The van der Waals surface area contributed by atoms with Crippen LogP contribution in [0.25, 0.3) is 10.9 Å². The molecule has 0 aliphatic carbocycles. The minimum absolute atomic E-state index is 0.234. The Balaban J connectivity index is 1.83. The van der Waals surface area contributed by atoms with Crippen LogP contribution in [0.3, 0.4) is 0 Å². The monoisotopic (exact) mass is 351 g/mol. The number of aromatic amines is 1. The first kappa shape index (κ1) is 17.7. The fourth-order valence-electron chi connectivity index (χ4n) is 2.99. The number of fused-ring (bicyclic) bond motifs is 1. The molecular weight excluding hydrogens is 330 g/mol. The van der Waals surface area contributed by atoms with E-state index in [0.29, 0.717) is 23.5 Å². The Morgan fingerprint density at radius 1 is 1.08 bits per heavy atom. The number of hydrogen-bond acceptors (Lipinski definition) is 4. The molecule has 0 spiro atoms. The lowest BCUT2D eigenvalue weighted by Crippen LogP contribution is -2.25. The van der Waals surface area contributed by atoms with Gasteiger partial charge in [-0.1, -0.05) is 30.3 Å². The summed E-state index contributed by atoms with van der Waals surface area (Å²) in [6.07, 6.45) is -0.907. The van der Waals surface area contributed by atoms with Crippen molar-refractivity contribution in [1.29, 1.82) is 0 Å². The zero-order valence-electron chi connectivity index (χ0n) is 15.0. The zero-order chi connectivity index (χ0) is 18.7. The molecule has 1 unspecified atom stereocenters. The van der Waals surface area contributed by atoms with Gasteiger partial charge < -0.3 is 14.5 Å². The van der Waals surface area contributed by atoms with Gasteiger partial charge in [-0.2, -0.15) is 0 Å². The average molecular weight is 351 g/mol. The van der Waals surface area contributed by atoms with Gasteiger partial charge in [-0.05, 0) is 39.0 Å². The SMILES string of the molecule is CCOc1ccccc1C(=O)OC(C)C(=O)c1c(C)[nH]c2ccccc12. The van der Waals surface area contributed by atoms with Gasteiger partial charge in [0.15, 0.2) is 6.10 Å². The smallest absolute Gasteiger partial charge is 0.342 e. The number of aryl methyl sites for hydroxylation is 1. The van der Waals surface area contributed by atoms with Crippen LogP contribution >= 0.6 is 0 Å². The second kappa shape index (κ2) is 7.44. The molecule has 0 saturated carbocycles.